The normalized spacial score (nSPS) is 16.6. The molecule has 0 atom stereocenters. The third-order valence-corrected chi connectivity index (χ3v) is 4.45. The standard InChI is InChI=1S/C20H22N/c1-15-9-11-16(12-10-15)13-14-19-20(2,3)17-7-5-6-8-18(17)21(19)4/h5-14H,1-4H3/q+1. The van der Waals surface area contributed by atoms with Gasteiger partial charge in [0.2, 0.25) is 5.69 Å². The molecule has 0 bridgehead atoms. The molecular formula is C20H22N+. The van der Waals surface area contributed by atoms with Crippen LogP contribution in [-0.2, 0) is 5.41 Å². The number of allylic oxidation sites excluding steroid dienone is 1. The molecule has 1 aliphatic heterocycles. The van der Waals surface area contributed by atoms with E-state index in [4.69, 9.17) is 0 Å². The van der Waals surface area contributed by atoms with Gasteiger partial charge in [0.15, 0.2) is 5.71 Å². The summed E-state index contributed by atoms with van der Waals surface area (Å²) in [4.78, 5) is 0. The summed E-state index contributed by atoms with van der Waals surface area (Å²) in [7, 11) is 2.16. The molecule has 0 N–H and O–H groups in total. The van der Waals surface area contributed by atoms with E-state index in [9.17, 15) is 0 Å². The van der Waals surface area contributed by atoms with E-state index in [2.05, 4.69) is 93.1 Å². The number of rotatable bonds is 2. The summed E-state index contributed by atoms with van der Waals surface area (Å²) in [5.41, 5.74) is 6.64. The van der Waals surface area contributed by atoms with Crippen molar-refractivity contribution in [3.05, 3.63) is 71.3 Å². The summed E-state index contributed by atoms with van der Waals surface area (Å²) >= 11 is 0. The van der Waals surface area contributed by atoms with Gasteiger partial charge in [0.25, 0.3) is 0 Å². The Morgan fingerprint density at radius 1 is 0.905 bits per heavy atom. The maximum Gasteiger partial charge on any atom is 0.209 e. The fourth-order valence-electron chi connectivity index (χ4n) is 3.15. The van der Waals surface area contributed by atoms with Gasteiger partial charge in [-0.15, -0.1) is 0 Å². The van der Waals surface area contributed by atoms with Crippen LogP contribution in [0.25, 0.3) is 6.08 Å². The number of benzene rings is 2. The Balaban J connectivity index is 2.00. The van der Waals surface area contributed by atoms with Crippen LogP contribution in [0.3, 0.4) is 0 Å². The first kappa shape index (κ1) is 13.8. The molecule has 0 aromatic heterocycles. The zero-order valence-electron chi connectivity index (χ0n) is 13.2. The summed E-state index contributed by atoms with van der Waals surface area (Å²) in [6, 6.07) is 17.3. The Labute approximate surface area is 127 Å². The van der Waals surface area contributed by atoms with Crippen molar-refractivity contribution in [2.45, 2.75) is 26.2 Å². The molecule has 1 heteroatoms. The van der Waals surface area contributed by atoms with E-state index in [0.29, 0.717) is 0 Å². The van der Waals surface area contributed by atoms with Gasteiger partial charge in [-0.25, -0.2) is 0 Å². The molecule has 0 aliphatic carbocycles. The SMILES string of the molecule is Cc1ccc(C=CC2=[N+](C)c3ccccc3C2(C)C)cc1. The molecule has 1 nitrogen and oxygen atoms in total. The average molecular weight is 276 g/mol. The van der Waals surface area contributed by atoms with Crippen LogP contribution in [0.15, 0.2) is 54.6 Å². The predicted octanol–water partition coefficient (Wildman–Crippen LogP) is 4.71. The van der Waals surface area contributed by atoms with Crippen LogP contribution in [0.4, 0.5) is 5.69 Å². The van der Waals surface area contributed by atoms with Crippen LogP contribution in [0.5, 0.6) is 0 Å². The topological polar surface area (TPSA) is 3.01 Å². The number of hydrogen-bond donors (Lipinski definition) is 0. The lowest BCUT2D eigenvalue weighted by Gasteiger charge is -2.15. The summed E-state index contributed by atoms with van der Waals surface area (Å²) < 4.78 is 2.31. The lowest BCUT2D eigenvalue weighted by Crippen LogP contribution is -2.26. The Morgan fingerprint density at radius 3 is 2.24 bits per heavy atom. The largest absolute Gasteiger partial charge is 0.209 e. The van der Waals surface area contributed by atoms with E-state index in [0.717, 1.165) is 0 Å². The second-order valence-corrected chi connectivity index (χ2v) is 6.33. The van der Waals surface area contributed by atoms with Gasteiger partial charge in [-0.3, -0.25) is 0 Å². The number of nitrogens with zero attached hydrogens (tertiary/aromatic N) is 1. The fraction of sp³-hybridized carbons (Fsp3) is 0.250. The zero-order valence-corrected chi connectivity index (χ0v) is 13.2. The van der Waals surface area contributed by atoms with Crippen molar-refractivity contribution in [2.24, 2.45) is 0 Å². The van der Waals surface area contributed by atoms with Crippen LogP contribution in [0, 0.1) is 6.92 Å². The maximum atomic E-state index is 2.31. The highest BCUT2D eigenvalue weighted by molar-refractivity contribution is 6.05. The number of aryl methyl sites for hydroxylation is 1. The van der Waals surface area contributed by atoms with E-state index in [-0.39, 0.29) is 5.41 Å². The van der Waals surface area contributed by atoms with Crippen molar-refractivity contribution in [3.63, 3.8) is 0 Å². The van der Waals surface area contributed by atoms with Gasteiger partial charge >= 0.3 is 0 Å². The van der Waals surface area contributed by atoms with Crippen LogP contribution >= 0.6 is 0 Å². The molecule has 2 aromatic rings. The quantitative estimate of drug-likeness (QED) is 0.699. The van der Waals surface area contributed by atoms with Gasteiger partial charge in [0, 0.05) is 17.7 Å². The molecule has 0 unspecified atom stereocenters. The van der Waals surface area contributed by atoms with Gasteiger partial charge in [-0.05, 0) is 32.4 Å². The molecule has 106 valence electrons. The number of para-hydroxylation sites is 1. The molecule has 2 aromatic carbocycles. The third-order valence-electron chi connectivity index (χ3n) is 4.45. The Hall–Kier alpha value is -2.15. The van der Waals surface area contributed by atoms with Crippen LogP contribution < -0.4 is 0 Å². The molecule has 3 rings (SSSR count). The van der Waals surface area contributed by atoms with Crippen LogP contribution in [-0.4, -0.2) is 17.3 Å². The smallest absolute Gasteiger partial charge is 0.198 e. The van der Waals surface area contributed by atoms with Crippen molar-refractivity contribution in [2.75, 3.05) is 7.05 Å². The highest BCUT2D eigenvalue weighted by Gasteiger charge is 2.42. The molecule has 0 radical (unpaired) electrons. The molecule has 1 heterocycles. The summed E-state index contributed by atoms with van der Waals surface area (Å²) in [5, 5.41) is 0. The fourth-order valence-corrected chi connectivity index (χ4v) is 3.15. The van der Waals surface area contributed by atoms with Gasteiger partial charge < -0.3 is 0 Å². The molecule has 0 saturated heterocycles. The molecule has 21 heavy (non-hydrogen) atoms. The third kappa shape index (κ3) is 2.33. The first-order valence-electron chi connectivity index (χ1n) is 7.45. The Kier molecular flexibility index (Phi) is 3.29. The summed E-state index contributed by atoms with van der Waals surface area (Å²) in [6.07, 6.45) is 4.46. The second-order valence-electron chi connectivity index (χ2n) is 6.33. The van der Waals surface area contributed by atoms with Crippen molar-refractivity contribution in [3.8, 4) is 0 Å². The van der Waals surface area contributed by atoms with Crippen LogP contribution in [0.1, 0.15) is 30.5 Å². The van der Waals surface area contributed by atoms with Crippen molar-refractivity contribution in [1.29, 1.82) is 0 Å². The minimum atomic E-state index is 0.0482. The van der Waals surface area contributed by atoms with E-state index in [1.807, 2.05) is 0 Å². The minimum absolute atomic E-state index is 0.0482. The van der Waals surface area contributed by atoms with E-state index >= 15 is 0 Å². The summed E-state index contributed by atoms with van der Waals surface area (Å²) in [5.74, 6) is 0. The zero-order chi connectivity index (χ0) is 15.0. The summed E-state index contributed by atoms with van der Waals surface area (Å²) in [6.45, 7) is 6.71. The van der Waals surface area contributed by atoms with Crippen molar-refractivity contribution in [1.82, 2.24) is 0 Å². The van der Waals surface area contributed by atoms with Gasteiger partial charge in [-0.1, -0.05) is 48.0 Å². The number of hydrogen-bond acceptors (Lipinski definition) is 0. The average Bonchev–Trinajstić information content (AvgIpc) is 2.67. The molecule has 0 saturated carbocycles. The predicted molar refractivity (Wildman–Crippen MR) is 90.5 cm³/mol. The number of fused-ring (bicyclic) bond motifs is 1. The highest BCUT2D eigenvalue weighted by atomic mass is 15.0. The van der Waals surface area contributed by atoms with Gasteiger partial charge in [-0.2, -0.15) is 4.58 Å². The molecule has 0 amide bonds. The van der Waals surface area contributed by atoms with Crippen LogP contribution in [0.2, 0.25) is 0 Å². The Morgan fingerprint density at radius 2 is 1.57 bits per heavy atom. The molecule has 0 spiro atoms. The Bertz CT molecular complexity index is 731. The monoisotopic (exact) mass is 276 g/mol. The van der Waals surface area contributed by atoms with E-state index < -0.39 is 0 Å². The minimum Gasteiger partial charge on any atom is -0.198 e. The first-order valence-corrected chi connectivity index (χ1v) is 7.45. The van der Waals surface area contributed by atoms with E-state index in [1.165, 1.54) is 28.1 Å². The molecular weight excluding hydrogens is 254 g/mol. The molecule has 0 fully saturated rings. The molecule has 1 aliphatic rings. The second kappa shape index (κ2) is 5.00. The highest BCUT2D eigenvalue weighted by Crippen LogP contribution is 2.39. The first-order chi connectivity index (χ1) is 10.00. The van der Waals surface area contributed by atoms with Crippen molar-refractivity contribution < 1.29 is 4.58 Å². The maximum absolute atomic E-state index is 2.31. The van der Waals surface area contributed by atoms with E-state index in [1.54, 1.807) is 0 Å². The van der Waals surface area contributed by atoms with Crippen molar-refractivity contribution >= 4 is 17.5 Å². The lowest BCUT2D eigenvalue weighted by atomic mass is 9.81. The lowest BCUT2D eigenvalue weighted by molar-refractivity contribution is -0.401. The van der Waals surface area contributed by atoms with Gasteiger partial charge in [0.05, 0.1) is 5.41 Å². The van der Waals surface area contributed by atoms with Gasteiger partial charge in [0.1, 0.15) is 7.05 Å².